The van der Waals surface area contributed by atoms with Crippen LogP contribution in [0.1, 0.15) is 17.5 Å². The van der Waals surface area contributed by atoms with Crippen LogP contribution in [0.5, 0.6) is 5.75 Å². The smallest absolute Gasteiger partial charge is 0.326 e. The molecule has 0 fully saturated rings. The van der Waals surface area contributed by atoms with Gasteiger partial charge in [-0.3, -0.25) is 14.4 Å². The molecule has 11 heteroatoms. The number of primary amides is 1. The van der Waals surface area contributed by atoms with Crippen LogP contribution >= 0.6 is 0 Å². The Balaban J connectivity index is 1.81. The van der Waals surface area contributed by atoms with Crippen molar-refractivity contribution in [3.63, 3.8) is 0 Å². The Kier molecular flexibility index (Phi) is 8.05. The largest absolute Gasteiger partial charge is 0.508 e. The maximum atomic E-state index is 13.2. The van der Waals surface area contributed by atoms with Gasteiger partial charge in [0.2, 0.25) is 17.7 Å². The first-order valence-corrected chi connectivity index (χ1v) is 10.8. The van der Waals surface area contributed by atoms with Gasteiger partial charge in [-0.05, 0) is 29.3 Å². The van der Waals surface area contributed by atoms with Crippen molar-refractivity contribution in [2.45, 2.75) is 37.4 Å². The van der Waals surface area contributed by atoms with Crippen LogP contribution in [-0.4, -0.2) is 57.0 Å². The van der Waals surface area contributed by atoms with E-state index < -0.39 is 48.2 Å². The number of aromatic hydroxyl groups is 1. The van der Waals surface area contributed by atoms with E-state index >= 15 is 0 Å². The Bertz CT molecular complexity index is 1220. The molecule has 0 saturated carbocycles. The maximum Gasteiger partial charge on any atom is 0.326 e. The zero-order valence-electron chi connectivity index (χ0n) is 18.7. The number of nitrogens with one attached hydrogen (secondary N) is 3. The minimum Gasteiger partial charge on any atom is -0.508 e. The number of carboxylic acid groups (broad SMARTS) is 1. The summed E-state index contributed by atoms with van der Waals surface area (Å²) in [5.41, 5.74) is 13.0. The Morgan fingerprint density at radius 1 is 0.914 bits per heavy atom. The molecule has 0 spiro atoms. The van der Waals surface area contributed by atoms with E-state index in [1.54, 1.807) is 18.3 Å². The summed E-state index contributed by atoms with van der Waals surface area (Å²) in [6, 6.07) is 9.55. The second kappa shape index (κ2) is 11.2. The standard InChI is InChI=1S/C24H27N5O6/c25-17(11-21(26)31)22(32)28-19(10-14-12-27-18-4-2-1-3-16(14)18)23(33)29-20(24(34)35)9-13-5-7-15(30)8-6-13/h1-8,12,17,19-20,27,30H,9-11,25H2,(H2,26,31)(H,28,32)(H,29,33)(H,34,35)/t17-,19-,20-/m0/s1. The number of hydrogen-bond acceptors (Lipinski definition) is 6. The predicted molar refractivity (Wildman–Crippen MR) is 127 cm³/mol. The molecule has 3 amide bonds. The molecule has 3 atom stereocenters. The first-order chi connectivity index (χ1) is 16.6. The van der Waals surface area contributed by atoms with Gasteiger partial charge in [-0.2, -0.15) is 0 Å². The van der Waals surface area contributed by atoms with E-state index in [-0.39, 0.29) is 18.6 Å². The Morgan fingerprint density at radius 3 is 2.23 bits per heavy atom. The molecule has 3 aromatic rings. The van der Waals surface area contributed by atoms with Crippen LogP contribution in [0.4, 0.5) is 0 Å². The van der Waals surface area contributed by atoms with E-state index in [4.69, 9.17) is 11.5 Å². The van der Waals surface area contributed by atoms with Crippen molar-refractivity contribution in [3.05, 3.63) is 65.9 Å². The third-order valence-electron chi connectivity index (χ3n) is 5.48. The number of hydrogen-bond donors (Lipinski definition) is 7. The van der Waals surface area contributed by atoms with Gasteiger partial charge in [0.15, 0.2) is 0 Å². The zero-order chi connectivity index (χ0) is 25.5. The summed E-state index contributed by atoms with van der Waals surface area (Å²) in [5, 5.41) is 24.9. The fourth-order valence-electron chi connectivity index (χ4n) is 3.66. The highest BCUT2D eigenvalue weighted by molar-refractivity contribution is 5.94. The van der Waals surface area contributed by atoms with Crippen molar-refractivity contribution in [1.29, 1.82) is 0 Å². The lowest BCUT2D eigenvalue weighted by Gasteiger charge is -2.23. The maximum absolute atomic E-state index is 13.2. The molecule has 11 nitrogen and oxygen atoms in total. The number of aromatic nitrogens is 1. The van der Waals surface area contributed by atoms with Crippen molar-refractivity contribution in [2.24, 2.45) is 11.5 Å². The lowest BCUT2D eigenvalue weighted by atomic mass is 10.0. The number of amides is 3. The molecule has 9 N–H and O–H groups in total. The number of carbonyl (C=O) groups excluding carboxylic acids is 3. The molecule has 2 aromatic carbocycles. The van der Waals surface area contributed by atoms with Gasteiger partial charge >= 0.3 is 5.97 Å². The topological polar surface area (TPSA) is 201 Å². The van der Waals surface area contributed by atoms with Crippen molar-refractivity contribution in [1.82, 2.24) is 15.6 Å². The summed E-state index contributed by atoms with van der Waals surface area (Å²) in [4.78, 5) is 51.8. The van der Waals surface area contributed by atoms with Crippen molar-refractivity contribution < 1.29 is 29.4 Å². The molecule has 0 aliphatic heterocycles. The molecule has 0 aliphatic rings. The Hall–Kier alpha value is -4.38. The third-order valence-corrected chi connectivity index (χ3v) is 5.48. The van der Waals surface area contributed by atoms with Gasteiger partial charge in [0.25, 0.3) is 0 Å². The highest BCUT2D eigenvalue weighted by Gasteiger charge is 2.29. The van der Waals surface area contributed by atoms with Gasteiger partial charge < -0.3 is 37.3 Å². The van der Waals surface area contributed by atoms with E-state index in [2.05, 4.69) is 15.6 Å². The van der Waals surface area contributed by atoms with E-state index in [1.807, 2.05) is 24.3 Å². The molecular weight excluding hydrogens is 454 g/mol. The summed E-state index contributed by atoms with van der Waals surface area (Å²) < 4.78 is 0. The Labute approximate surface area is 200 Å². The van der Waals surface area contributed by atoms with Gasteiger partial charge in [0.1, 0.15) is 17.8 Å². The number of carboxylic acids is 1. The first kappa shape index (κ1) is 25.2. The molecule has 35 heavy (non-hydrogen) atoms. The number of nitrogens with two attached hydrogens (primary N) is 2. The van der Waals surface area contributed by atoms with E-state index in [0.717, 1.165) is 16.5 Å². The molecule has 0 aliphatic carbocycles. The van der Waals surface area contributed by atoms with Gasteiger partial charge in [-0.25, -0.2) is 4.79 Å². The number of phenols is 1. The SMILES string of the molecule is NC(=O)C[C@H](N)C(=O)N[C@@H](Cc1c[nH]c2ccccc12)C(=O)N[C@@H](Cc1ccc(O)cc1)C(=O)O. The van der Waals surface area contributed by atoms with Crippen LogP contribution in [0.2, 0.25) is 0 Å². The average Bonchev–Trinajstić information content (AvgIpc) is 3.21. The average molecular weight is 482 g/mol. The second-order valence-electron chi connectivity index (χ2n) is 8.17. The van der Waals surface area contributed by atoms with Gasteiger partial charge in [-0.15, -0.1) is 0 Å². The normalized spacial score (nSPS) is 13.5. The summed E-state index contributed by atoms with van der Waals surface area (Å²) in [6.07, 6.45) is 1.28. The molecule has 0 radical (unpaired) electrons. The molecule has 3 rings (SSSR count). The molecule has 1 heterocycles. The van der Waals surface area contributed by atoms with Crippen LogP contribution in [0, 0.1) is 0 Å². The van der Waals surface area contributed by atoms with Gasteiger partial charge in [0, 0.05) is 29.9 Å². The minimum absolute atomic E-state index is 0.0264. The highest BCUT2D eigenvalue weighted by Crippen LogP contribution is 2.19. The number of benzene rings is 2. The number of carbonyl (C=O) groups is 4. The number of aliphatic carboxylic acids is 1. The van der Waals surface area contributed by atoms with Crippen LogP contribution in [0.3, 0.4) is 0 Å². The summed E-state index contributed by atoms with van der Waals surface area (Å²) in [5.74, 6) is -3.52. The number of aromatic amines is 1. The van der Waals surface area contributed by atoms with Crippen molar-refractivity contribution in [2.75, 3.05) is 0 Å². The third kappa shape index (κ3) is 6.81. The fraction of sp³-hybridized carbons (Fsp3) is 0.250. The fourth-order valence-corrected chi connectivity index (χ4v) is 3.66. The molecule has 0 saturated heterocycles. The van der Waals surface area contributed by atoms with Crippen LogP contribution in [0.25, 0.3) is 10.9 Å². The monoisotopic (exact) mass is 481 g/mol. The lowest BCUT2D eigenvalue weighted by Crippen LogP contribution is -2.56. The van der Waals surface area contributed by atoms with E-state index in [1.165, 1.54) is 12.1 Å². The van der Waals surface area contributed by atoms with Crippen LogP contribution < -0.4 is 22.1 Å². The first-order valence-electron chi connectivity index (χ1n) is 10.8. The molecule has 0 unspecified atom stereocenters. The van der Waals surface area contributed by atoms with E-state index in [9.17, 15) is 29.4 Å². The number of fused-ring (bicyclic) bond motifs is 1. The Morgan fingerprint density at radius 2 is 1.57 bits per heavy atom. The number of para-hydroxylation sites is 1. The highest BCUT2D eigenvalue weighted by atomic mass is 16.4. The lowest BCUT2D eigenvalue weighted by molar-refractivity contribution is -0.142. The molecular formula is C24H27N5O6. The number of rotatable bonds is 11. The van der Waals surface area contributed by atoms with Gasteiger partial charge in [-0.1, -0.05) is 30.3 Å². The number of phenolic OH excluding ortho intramolecular Hbond substituents is 1. The molecule has 184 valence electrons. The van der Waals surface area contributed by atoms with Crippen molar-refractivity contribution in [3.8, 4) is 5.75 Å². The number of H-pyrrole nitrogens is 1. The quantitative estimate of drug-likeness (QED) is 0.198. The van der Waals surface area contributed by atoms with Gasteiger partial charge in [0.05, 0.1) is 12.5 Å². The molecule has 0 bridgehead atoms. The summed E-state index contributed by atoms with van der Waals surface area (Å²) in [7, 11) is 0. The summed E-state index contributed by atoms with van der Waals surface area (Å²) in [6.45, 7) is 0. The zero-order valence-corrected chi connectivity index (χ0v) is 18.7. The van der Waals surface area contributed by atoms with Crippen LogP contribution in [0.15, 0.2) is 54.7 Å². The minimum atomic E-state index is -1.30. The van der Waals surface area contributed by atoms with Crippen LogP contribution in [-0.2, 0) is 32.0 Å². The van der Waals surface area contributed by atoms with E-state index in [0.29, 0.717) is 5.56 Å². The molecule has 1 aromatic heterocycles. The predicted octanol–water partition coefficient (Wildman–Crippen LogP) is -0.0844. The summed E-state index contributed by atoms with van der Waals surface area (Å²) >= 11 is 0. The van der Waals surface area contributed by atoms with Crippen molar-refractivity contribution >= 4 is 34.6 Å². The second-order valence-corrected chi connectivity index (χ2v) is 8.17.